The van der Waals surface area contributed by atoms with Crippen LogP contribution < -0.4 is 10.0 Å². The van der Waals surface area contributed by atoms with E-state index in [1.165, 1.54) is 0 Å². The smallest absolute Gasteiger partial charge is 0.263 e. The van der Waals surface area contributed by atoms with Gasteiger partial charge in [0.05, 0.1) is 4.90 Å². The molecule has 0 saturated heterocycles. The molecule has 0 fully saturated rings. The maximum absolute atomic E-state index is 12.3. The fraction of sp³-hybridized carbons (Fsp3) is 0.364. The average Bonchev–Trinajstić information content (AvgIpc) is 2.97. The summed E-state index contributed by atoms with van der Waals surface area (Å²) in [6.07, 6.45) is 3.76. The molecule has 6 nitrogen and oxygen atoms in total. The standard InChI is InChI=1S/C22H27N3O3S/c1-3-17-11-9-10-16(2)21(17)24-20(26)14-5-4-8-15-23-22-18-12-6-7-13-19(18)29(27,28)25-22/h6-7,9-13H,3-5,8,14-15H2,1-2H3,(H,23,25)(H,24,26). The van der Waals surface area contributed by atoms with E-state index in [1.807, 2.05) is 25.1 Å². The molecule has 1 amide bonds. The molecule has 2 aromatic rings. The molecule has 0 bridgehead atoms. The van der Waals surface area contributed by atoms with Crippen molar-refractivity contribution < 1.29 is 13.2 Å². The Hall–Kier alpha value is -2.67. The van der Waals surface area contributed by atoms with Gasteiger partial charge >= 0.3 is 0 Å². The Kier molecular flexibility index (Phi) is 6.69. The lowest BCUT2D eigenvalue weighted by atomic mass is 10.1. The van der Waals surface area contributed by atoms with Gasteiger partial charge in [0, 0.05) is 24.2 Å². The highest BCUT2D eigenvalue weighted by Gasteiger charge is 2.29. The van der Waals surface area contributed by atoms with Crippen LogP contribution in [0, 0.1) is 6.92 Å². The summed E-state index contributed by atoms with van der Waals surface area (Å²) in [5, 5.41) is 3.04. The first-order chi connectivity index (χ1) is 13.9. The third-order valence-electron chi connectivity index (χ3n) is 5.00. The van der Waals surface area contributed by atoms with Crippen molar-refractivity contribution in [3.8, 4) is 0 Å². The predicted molar refractivity (Wildman–Crippen MR) is 116 cm³/mol. The van der Waals surface area contributed by atoms with Crippen molar-refractivity contribution in [1.82, 2.24) is 4.72 Å². The lowest BCUT2D eigenvalue weighted by Crippen LogP contribution is -2.22. The molecule has 1 aliphatic rings. The maximum Gasteiger partial charge on any atom is 0.263 e. The minimum absolute atomic E-state index is 0.0257. The molecule has 154 valence electrons. The number of hydrogen-bond donors (Lipinski definition) is 2. The molecule has 1 heterocycles. The minimum atomic E-state index is -3.49. The van der Waals surface area contributed by atoms with E-state index in [-0.39, 0.29) is 10.8 Å². The van der Waals surface area contributed by atoms with Crippen LogP contribution in [0.3, 0.4) is 0 Å². The molecule has 1 aliphatic heterocycles. The van der Waals surface area contributed by atoms with E-state index in [4.69, 9.17) is 0 Å². The van der Waals surface area contributed by atoms with Gasteiger partial charge in [0.1, 0.15) is 5.84 Å². The molecule has 0 saturated carbocycles. The van der Waals surface area contributed by atoms with Gasteiger partial charge in [-0.2, -0.15) is 0 Å². The lowest BCUT2D eigenvalue weighted by molar-refractivity contribution is -0.116. The van der Waals surface area contributed by atoms with Crippen LogP contribution in [0.5, 0.6) is 0 Å². The molecule has 0 aliphatic carbocycles. The number of aryl methyl sites for hydroxylation is 2. The van der Waals surface area contributed by atoms with Gasteiger partial charge in [-0.3, -0.25) is 14.5 Å². The second-order valence-electron chi connectivity index (χ2n) is 7.15. The number of hydrogen-bond acceptors (Lipinski definition) is 4. The number of carbonyl (C=O) groups excluding carboxylic acids is 1. The third kappa shape index (κ3) is 5.03. The fourth-order valence-corrected chi connectivity index (χ4v) is 4.67. The van der Waals surface area contributed by atoms with E-state index in [9.17, 15) is 13.2 Å². The second kappa shape index (κ2) is 9.22. The number of nitrogens with zero attached hydrogens (tertiary/aromatic N) is 1. The zero-order valence-electron chi connectivity index (χ0n) is 16.9. The first-order valence-electron chi connectivity index (χ1n) is 9.97. The van der Waals surface area contributed by atoms with Gasteiger partial charge in [-0.1, -0.05) is 43.7 Å². The summed E-state index contributed by atoms with van der Waals surface area (Å²) in [6, 6.07) is 12.9. The number of aliphatic imine (C=N–C) groups is 1. The number of amidine groups is 1. The van der Waals surface area contributed by atoms with Crippen molar-refractivity contribution >= 4 is 27.5 Å². The van der Waals surface area contributed by atoms with Crippen molar-refractivity contribution in [2.24, 2.45) is 4.99 Å². The summed E-state index contributed by atoms with van der Waals surface area (Å²) < 4.78 is 26.6. The van der Waals surface area contributed by atoms with Crippen molar-refractivity contribution in [3.05, 3.63) is 59.2 Å². The second-order valence-corrected chi connectivity index (χ2v) is 8.80. The summed E-state index contributed by atoms with van der Waals surface area (Å²) >= 11 is 0. The van der Waals surface area contributed by atoms with Gasteiger partial charge in [-0.25, -0.2) is 8.42 Å². The van der Waals surface area contributed by atoms with Crippen LogP contribution in [0.25, 0.3) is 0 Å². The number of benzene rings is 2. The number of fused-ring (bicyclic) bond motifs is 1. The van der Waals surface area contributed by atoms with Crippen molar-refractivity contribution in [3.63, 3.8) is 0 Å². The zero-order valence-corrected chi connectivity index (χ0v) is 17.7. The fourth-order valence-electron chi connectivity index (χ4n) is 3.42. The monoisotopic (exact) mass is 413 g/mol. The third-order valence-corrected chi connectivity index (χ3v) is 6.40. The van der Waals surface area contributed by atoms with Crippen LogP contribution in [-0.4, -0.2) is 26.7 Å². The van der Waals surface area contributed by atoms with Crippen LogP contribution in [0.4, 0.5) is 5.69 Å². The largest absolute Gasteiger partial charge is 0.326 e. The summed E-state index contributed by atoms with van der Waals surface area (Å²) in [5.74, 6) is 0.433. The quantitative estimate of drug-likeness (QED) is 0.645. The number of nitrogens with one attached hydrogen (secondary N) is 2. The number of rotatable bonds is 8. The summed E-state index contributed by atoms with van der Waals surface area (Å²) in [4.78, 5) is 16.9. The summed E-state index contributed by atoms with van der Waals surface area (Å²) in [6.45, 7) is 4.60. The molecule has 0 spiro atoms. The minimum Gasteiger partial charge on any atom is -0.326 e. The first kappa shape index (κ1) is 21.0. The number of amides is 1. The van der Waals surface area contributed by atoms with Gasteiger partial charge in [-0.05, 0) is 49.4 Å². The van der Waals surface area contributed by atoms with Crippen LogP contribution in [0.15, 0.2) is 52.4 Å². The number of anilines is 1. The highest BCUT2D eigenvalue weighted by atomic mass is 32.2. The molecule has 0 aromatic heterocycles. The van der Waals surface area contributed by atoms with Gasteiger partial charge in [0.15, 0.2) is 0 Å². The maximum atomic E-state index is 12.3. The number of carbonyl (C=O) groups is 1. The SMILES string of the molecule is CCc1cccc(C)c1NC(=O)CCCCCN=C1NS(=O)(=O)c2ccccc21. The summed E-state index contributed by atoms with van der Waals surface area (Å²) in [5.41, 5.74) is 3.77. The Balaban J connectivity index is 1.44. The molecule has 7 heteroatoms. The molecule has 0 radical (unpaired) electrons. The van der Waals surface area contributed by atoms with Gasteiger partial charge in [0.2, 0.25) is 5.91 Å². The van der Waals surface area contributed by atoms with Crippen molar-refractivity contribution in [1.29, 1.82) is 0 Å². The Morgan fingerprint density at radius 2 is 1.86 bits per heavy atom. The van der Waals surface area contributed by atoms with Crippen LogP contribution in [0.2, 0.25) is 0 Å². The van der Waals surface area contributed by atoms with Gasteiger partial charge in [-0.15, -0.1) is 0 Å². The van der Waals surface area contributed by atoms with Crippen LogP contribution in [-0.2, 0) is 21.2 Å². The van der Waals surface area contributed by atoms with Crippen molar-refractivity contribution in [2.75, 3.05) is 11.9 Å². The number of para-hydroxylation sites is 1. The molecule has 2 aromatic carbocycles. The molecule has 2 N–H and O–H groups in total. The Morgan fingerprint density at radius 3 is 2.66 bits per heavy atom. The van der Waals surface area contributed by atoms with E-state index in [1.54, 1.807) is 24.3 Å². The Morgan fingerprint density at radius 1 is 1.07 bits per heavy atom. The number of sulfonamides is 1. The molecule has 29 heavy (non-hydrogen) atoms. The van der Waals surface area contributed by atoms with Crippen LogP contribution in [0.1, 0.15) is 49.3 Å². The highest BCUT2D eigenvalue weighted by Crippen LogP contribution is 2.23. The van der Waals surface area contributed by atoms with E-state index in [0.29, 0.717) is 24.4 Å². The molecule has 3 rings (SSSR count). The van der Waals surface area contributed by atoms with E-state index < -0.39 is 10.0 Å². The Labute approximate surface area is 172 Å². The molecular formula is C22H27N3O3S. The Bertz CT molecular complexity index is 1030. The van der Waals surface area contributed by atoms with Gasteiger partial charge < -0.3 is 5.32 Å². The van der Waals surface area contributed by atoms with Gasteiger partial charge in [0.25, 0.3) is 10.0 Å². The topological polar surface area (TPSA) is 87.6 Å². The average molecular weight is 414 g/mol. The van der Waals surface area contributed by atoms with E-state index in [0.717, 1.165) is 42.5 Å². The van der Waals surface area contributed by atoms with Crippen molar-refractivity contribution in [2.45, 2.75) is 50.8 Å². The predicted octanol–water partition coefficient (Wildman–Crippen LogP) is 3.80. The first-order valence-corrected chi connectivity index (χ1v) is 11.5. The normalized spacial score (nSPS) is 15.7. The number of unbranched alkanes of at least 4 members (excludes halogenated alkanes) is 2. The molecule has 0 atom stereocenters. The van der Waals surface area contributed by atoms with Crippen LogP contribution >= 0.6 is 0 Å². The summed E-state index contributed by atoms with van der Waals surface area (Å²) in [7, 11) is -3.49. The zero-order chi connectivity index (χ0) is 20.9. The van der Waals surface area contributed by atoms with E-state index >= 15 is 0 Å². The lowest BCUT2D eigenvalue weighted by Gasteiger charge is -2.12. The molecular weight excluding hydrogens is 386 g/mol. The highest BCUT2D eigenvalue weighted by molar-refractivity contribution is 7.90. The van der Waals surface area contributed by atoms with E-state index in [2.05, 4.69) is 22.0 Å². The molecule has 0 unspecified atom stereocenters.